The van der Waals surface area contributed by atoms with Gasteiger partial charge in [-0.2, -0.15) is 11.8 Å². The molecule has 2 heterocycles. The van der Waals surface area contributed by atoms with Crippen molar-refractivity contribution in [3.05, 3.63) is 34.3 Å². The molecule has 4 atom stereocenters. The summed E-state index contributed by atoms with van der Waals surface area (Å²) in [5, 5.41) is 9.29. The summed E-state index contributed by atoms with van der Waals surface area (Å²) < 4.78 is 5.66. The number of fused-ring (bicyclic) bond motifs is 1. The number of amides is 3. The van der Waals surface area contributed by atoms with Crippen molar-refractivity contribution in [2.45, 2.75) is 55.5 Å². The predicted octanol–water partition coefficient (Wildman–Crippen LogP) is 2.90. The molecular formula is C20H26BrN3O4S. The van der Waals surface area contributed by atoms with E-state index in [1.165, 1.54) is 7.11 Å². The largest absolute Gasteiger partial charge is 0.469 e. The van der Waals surface area contributed by atoms with Crippen LogP contribution in [0.1, 0.15) is 43.7 Å². The molecule has 0 radical (unpaired) electrons. The molecule has 0 bridgehead atoms. The fourth-order valence-corrected chi connectivity index (χ4v) is 5.73. The summed E-state index contributed by atoms with van der Waals surface area (Å²) in [4.78, 5) is 35.7. The van der Waals surface area contributed by atoms with Crippen molar-refractivity contribution in [1.82, 2.24) is 16.0 Å². The number of nitrogens with one attached hydrogen (secondary N) is 3. The van der Waals surface area contributed by atoms with E-state index in [-0.39, 0.29) is 36.4 Å². The molecule has 158 valence electrons. The van der Waals surface area contributed by atoms with Crippen LogP contribution in [0.4, 0.5) is 4.79 Å². The van der Waals surface area contributed by atoms with Gasteiger partial charge in [-0.05, 0) is 30.5 Å². The van der Waals surface area contributed by atoms with Crippen LogP contribution in [0.5, 0.6) is 0 Å². The van der Waals surface area contributed by atoms with Crippen LogP contribution in [0.15, 0.2) is 28.7 Å². The van der Waals surface area contributed by atoms with Gasteiger partial charge in [-0.15, -0.1) is 0 Å². The van der Waals surface area contributed by atoms with Crippen molar-refractivity contribution in [3.63, 3.8) is 0 Å². The molecule has 1 unspecified atom stereocenters. The molecule has 3 rings (SSSR count). The second-order valence-corrected chi connectivity index (χ2v) is 9.51. The van der Waals surface area contributed by atoms with E-state index < -0.39 is 6.04 Å². The topological polar surface area (TPSA) is 96.5 Å². The van der Waals surface area contributed by atoms with Gasteiger partial charge in [0.2, 0.25) is 5.91 Å². The van der Waals surface area contributed by atoms with E-state index in [2.05, 4.69) is 31.9 Å². The average Bonchev–Trinajstić information content (AvgIpc) is 3.24. The third kappa shape index (κ3) is 6.12. The minimum absolute atomic E-state index is 0.0751. The molecule has 0 aliphatic carbocycles. The SMILES string of the molecule is COC(=O)CC(NC(=O)CCCC[C@@H]1SC[C@@H]2NC(=O)N[C@@H]21)c1cccc(Br)c1. The van der Waals surface area contributed by atoms with Gasteiger partial charge in [0.15, 0.2) is 0 Å². The molecular weight excluding hydrogens is 458 g/mol. The zero-order valence-corrected chi connectivity index (χ0v) is 18.7. The van der Waals surface area contributed by atoms with Crippen molar-refractivity contribution in [2.24, 2.45) is 0 Å². The monoisotopic (exact) mass is 483 g/mol. The van der Waals surface area contributed by atoms with Crippen molar-refractivity contribution in [3.8, 4) is 0 Å². The normalized spacial score (nSPS) is 23.7. The number of hydrogen-bond acceptors (Lipinski definition) is 5. The molecule has 0 saturated carbocycles. The number of ether oxygens (including phenoxy) is 1. The first kappa shape index (κ1) is 22.0. The number of halogens is 1. The molecule has 1 aromatic carbocycles. The van der Waals surface area contributed by atoms with E-state index >= 15 is 0 Å². The van der Waals surface area contributed by atoms with Gasteiger partial charge >= 0.3 is 12.0 Å². The number of methoxy groups -OCH3 is 1. The molecule has 3 amide bonds. The third-order valence-electron chi connectivity index (χ3n) is 5.27. The number of esters is 1. The van der Waals surface area contributed by atoms with Crippen molar-refractivity contribution in [2.75, 3.05) is 12.9 Å². The highest BCUT2D eigenvalue weighted by Gasteiger charge is 2.42. The van der Waals surface area contributed by atoms with Crippen LogP contribution in [0.3, 0.4) is 0 Å². The van der Waals surface area contributed by atoms with Crippen LogP contribution in [0.2, 0.25) is 0 Å². The zero-order chi connectivity index (χ0) is 20.8. The maximum Gasteiger partial charge on any atom is 0.315 e. The quantitative estimate of drug-likeness (QED) is 0.285. The fraction of sp³-hybridized carbons (Fsp3) is 0.550. The summed E-state index contributed by atoms with van der Waals surface area (Å²) in [6.07, 6.45) is 3.15. The number of thioether (sulfide) groups is 1. The summed E-state index contributed by atoms with van der Waals surface area (Å²) in [6.45, 7) is 0. The fourth-order valence-electron chi connectivity index (χ4n) is 3.77. The van der Waals surface area contributed by atoms with E-state index in [4.69, 9.17) is 4.74 Å². The van der Waals surface area contributed by atoms with Gasteiger partial charge in [0.1, 0.15) is 0 Å². The second-order valence-electron chi connectivity index (χ2n) is 7.32. The van der Waals surface area contributed by atoms with E-state index in [1.54, 1.807) is 0 Å². The lowest BCUT2D eigenvalue weighted by Gasteiger charge is -2.19. The summed E-state index contributed by atoms with van der Waals surface area (Å²) >= 11 is 5.31. The molecule has 0 aromatic heterocycles. The maximum absolute atomic E-state index is 12.5. The zero-order valence-electron chi connectivity index (χ0n) is 16.3. The van der Waals surface area contributed by atoms with Crippen LogP contribution in [0.25, 0.3) is 0 Å². The first-order valence-corrected chi connectivity index (χ1v) is 11.6. The summed E-state index contributed by atoms with van der Waals surface area (Å²) in [7, 11) is 1.34. The van der Waals surface area contributed by atoms with Gasteiger partial charge < -0.3 is 20.7 Å². The lowest BCUT2D eigenvalue weighted by Crippen LogP contribution is -2.36. The first-order valence-electron chi connectivity index (χ1n) is 9.76. The Morgan fingerprint density at radius 3 is 2.93 bits per heavy atom. The van der Waals surface area contributed by atoms with Gasteiger partial charge in [-0.1, -0.05) is 34.5 Å². The maximum atomic E-state index is 12.5. The van der Waals surface area contributed by atoms with Crippen molar-refractivity contribution in [1.29, 1.82) is 0 Å². The van der Waals surface area contributed by atoms with Crippen molar-refractivity contribution >= 4 is 45.6 Å². The average molecular weight is 484 g/mol. The van der Waals surface area contributed by atoms with E-state index in [9.17, 15) is 14.4 Å². The molecule has 1 aromatic rings. The molecule has 2 saturated heterocycles. The lowest BCUT2D eigenvalue weighted by atomic mass is 10.0. The number of benzene rings is 1. The Morgan fingerprint density at radius 2 is 2.17 bits per heavy atom. The van der Waals surface area contributed by atoms with Gasteiger partial charge in [0, 0.05) is 21.9 Å². The van der Waals surface area contributed by atoms with Crippen LogP contribution in [-0.2, 0) is 14.3 Å². The number of carbonyl (C=O) groups is 3. The van der Waals surface area contributed by atoms with Crippen LogP contribution in [-0.4, -0.2) is 48.1 Å². The van der Waals surface area contributed by atoms with Crippen molar-refractivity contribution < 1.29 is 19.1 Å². The predicted molar refractivity (Wildman–Crippen MR) is 116 cm³/mol. The molecule has 7 nitrogen and oxygen atoms in total. The summed E-state index contributed by atoms with van der Waals surface area (Å²) in [5.74, 6) is 0.498. The lowest BCUT2D eigenvalue weighted by molar-refractivity contribution is -0.141. The molecule has 29 heavy (non-hydrogen) atoms. The molecule has 2 fully saturated rings. The number of hydrogen-bond donors (Lipinski definition) is 3. The Labute approximate surface area is 183 Å². The van der Waals surface area contributed by atoms with E-state index in [1.807, 2.05) is 36.0 Å². The highest BCUT2D eigenvalue weighted by Crippen LogP contribution is 2.33. The Balaban J connectivity index is 1.45. The smallest absolute Gasteiger partial charge is 0.315 e. The Morgan fingerprint density at radius 1 is 1.34 bits per heavy atom. The summed E-state index contributed by atoms with van der Waals surface area (Å²) in [6, 6.07) is 7.48. The summed E-state index contributed by atoms with van der Waals surface area (Å²) in [5.41, 5.74) is 0.857. The van der Waals surface area contributed by atoms with Crippen LogP contribution >= 0.6 is 27.7 Å². The van der Waals surface area contributed by atoms with Gasteiger partial charge in [0.05, 0.1) is 31.7 Å². The van der Waals surface area contributed by atoms with Crippen LogP contribution < -0.4 is 16.0 Å². The van der Waals surface area contributed by atoms with Crippen LogP contribution in [0, 0.1) is 0 Å². The highest BCUT2D eigenvalue weighted by molar-refractivity contribution is 9.10. The standard InChI is InChI=1S/C20H26BrN3O4S/c1-28-18(26)10-14(12-5-4-6-13(21)9-12)22-17(25)8-3-2-7-16-19-15(11-29-16)23-20(27)24-19/h4-6,9,14-16,19H,2-3,7-8,10-11H2,1H3,(H,22,25)(H2,23,24,27)/t14?,15-,16-,19-/m0/s1. The second kappa shape index (κ2) is 10.3. The number of rotatable bonds is 9. The minimum Gasteiger partial charge on any atom is -0.469 e. The first-order chi connectivity index (χ1) is 14.0. The van der Waals surface area contributed by atoms with Gasteiger partial charge in [-0.3, -0.25) is 9.59 Å². The van der Waals surface area contributed by atoms with E-state index in [0.717, 1.165) is 35.1 Å². The highest BCUT2D eigenvalue weighted by atomic mass is 79.9. The number of carbonyl (C=O) groups excluding carboxylic acids is 3. The molecule has 3 N–H and O–H groups in total. The minimum atomic E-state index is -0.418. The molecule has 0 spiro atoms. The molecule has 2 aliphatic rings. The third-order valence-corrected chi connectivity index (χ3v) is 7.27. The number of urea groups is 1. The Hall–Kier alpha value is -1.74. The van der Waals surface area contributed by atoms with Gasteiger partial charge in [0.25, 0.3) is 0 Å². The van der Waals surface area contributed by atoms with Gasteiger partial charge in [-0.25, -0.2) is 4.79 Å². The van der Waals surface area contributed by atoms with E-state index in [0.29, 0.717) is 11.7 Å². The molecule has 2 aliphatic heterocycles. The Kier molecular flexibility index (Phi) is 7.83. The number of unbranched alkanes of at least 4 members (excludes halogenated alkanes) is 1. The Bertz CT molecular complexity index is 763. The molecule has 9 heteroatoms.